The maximum absolute atomic E-state index is 13.1. The molecule has 2 aromatic carbocycles. The van der Waals surface area contributed by atoms with E-state index in [1.807, 2.05) is 0 Å². The van der Waals surface area contributed by atoms with Crippen molar-refractivity contribution in [3.8, 4) is 11.5 Å². The van der Waals surface area contributed by atoms with Crippen molar-refractivity contribution in [1.29, 1.82) is 0 Å². The second-order valence-corrected chi connectivity index (χ2v) is 7.42. The molecule has 2 N–H and O–H groups in total. The molecule has 0 unspecified atom stereocenters. The minimum Gasteiger partial charge on any atom is -0.496 e. The molecule has 2 aromatic rings. The van der Waals surface area contributed by atoms with Gasteiger partial charge in [-0.1, -0.05) is 12.1 Å². The summed E-state index contributed by atoms with van der Waals surface area (Å²) in [4.78, 5) is 26.6. The lowest BCUT2D eigenvalue weighted by molar-refractivity contribution is -0.122. The summed E-state index contributed by atoms with van der Waals surface area (Å²) in [5.74, 6) is 0.0575. The number of ether oxygens (including phenoxy) is 2. The minimum absolute atomic E-state index is 0.101. The molecule has 1 heterocycles. The number of amides is 2. The zero-order valence-corrected chi connectivity index (χ0v) is 16.4. The van der Waals surface area contributed by atoms with Gasteiger partial charge < -0.3 is 20.1 Å². The van der Waals surface area contributed by atoms with Crippen LogP contribution in [0.1, 0.15) is 29.6 Å². The fourth-order valence-electron chi connectivity index (χ4n) is 3.82. The first kappa shape index (κ1) is 20.6. The van der Waals surface area contributed by atoms with Crippen LogP contribution in [0.15, 0.2) is 48.5 Å². The molecule has 154 valence electrons. The Balaban J connectivity index is 1.78. The van der Waals surface area contributed by atoms with Crippen LogP contribution in [0.3, 0.4) is 0 Å². The Morgan fingerprint density at radius 1 is 1.17 bits per heavy atom. The van der Waals surface area contributed by atoms with Crippen molar-refractivity contribution >= 4 is 11.8 Å². The third kappa shape index (κ3) is 5.04. The first-order valence-electron chi connectivity index (χ1n) is 9.51. The number of hydrogen-bond acceptors (Lipinski definition) is 4. The summed E-state index contributed by atoms with van der Waals surface area (Å²) in [6.07, 6.45) is 1.53. The van der Waals surface area contributed by atoms with E-state index in [0.717, 1.165) is 6.42 Å². The molecule has 3 rings (SSSR count). The van der Waals surface area contributed by atoms with Crippen LogP contribution in [0.25, 0.3) is 0 Å². The Morgan fingerprint density at radius 3 is 2.59 bits per heavy atom. The smallest absolute Gasteiger partial charge is 0.257 e. The number of carbonyl (C=O) groups is 2. The Kier molecular flexibility index (Phi) is 6.36. The minimum atomic E-state index is -0.601. The van der Waals surface area contributed by atoms with E-state index in [2.05, 4.69) is 0 Å². The van der Waals surface area contributed by atoms with Crippen LogP contribution < -0.4 is 15.2 Å². The first-order chi connectivity index (χ1) is 13.9. The van der Waals surface area contributed by atoms with Crippen molar-refractivity contribution in [2.45, 2.75) is 19.3 Å². The van der Waals surface area contributed by atoms with Gasteiger partial charge in [0.1, 0.15) is 17.3 Å². The molecule has 0 spiro atoms. The average molecular weight is 400 g/mol. The monoisotopic (exact) mass is 400 g/mol. The molecule has 0 bridgehead atoms. The van der Waals surface area contributed by atoms with Gasteiger partial charge in [0.25, 0.3) is 5.91 Å². The fraction of sp³-hybridized carbons (Fsp3) is 0.364. The molecule has 1 aliphatic rings. The zero-order chi connectivity index (χ0) is 20.9. The quantitative estimate of drug-likeness (QED) is 0.775. The van der Waals surface area contributed by atoms with E-state index < -0.39 is 11.3 Å². The maximum atomic E-state index is 13.1. The standard InChI is InChI=1S/C22H25FN2O4/c1-28-19-6-3-2-5-18(19)21(27)25-12-4-11-22(14-25,13-20(24)26)15-29-17-9-7-16(23)8-10-17/h2-3,5-10H,4,11-15H2,1H3,(H2,24,26)/t22-/m0/s1. The SMILES string of the molecule is COc1ccccc1C(=O)N1CCC[C@](COc2ccc(F)cc2)(CC(N)=O)C1. The van der Waals surface area contributed by atoms with Crippen molar-refractivity contribution in [2.24, 2.45) is 11.1 Å². The lowest BCUT2D eigenvalue weighted by Crippen LogP contribution is -2.50. The van der Waals surface area contributed by atoms with E-state index in [4.69, 9.17) is 15.2 Å². The number of hydrogen-bond donors (Lipinski definition) is 1. The molecule has 0 aromatic heterocycles. The van der Waals surface area contributed by atoms with Gasteiger partial charge in [-0.25, -0.2) is 4.39 Å². The van der Waals surface area contributed by atoms with Gasteiger partial charge in [0.05, 0.1) is 19.3 Å². The third-order valence-electron chi connectivity index (χ3n) is 5.19. The highest BCUT2D eigenvalue weighted by atomic mass is 19.1. The predicted octanol–water partition coefficient (Wildman–Crippen LogP) is 3.01. The van der Waals surface area contributed by atoms with Crippen LogP contribution in [0.4, 0.5) is 4.39 Å². The molecule has 0 radical (unpaired) electrons. The highest BCUT2D eigenvalue weighted by molar-refractivity contribution is 5.97. The number of halogens is 1. The topological polar surface area (TPSA) is 81.9 Å². The Bertz CT molecular complexity index is 871. The number of piperidine rings is 1. The molecule has 1 aliphatic heterocycles. The number of methoxy groups -OCH3 is 1. The third-order valence-corrected chi connectivity index (χ3v) is 5.19. The van der Waals surface area contributed by atoms with Crippen LogP contribution in [0.2, 0.25) is 0 Å². The van der Waals surface area contributed by atoms with Gasteiger partial charge in [-0.2, -0.15) is 0 Å². The van der Waals surface area contributed by atoms with Crippen LogP contribution >= 0.6 is 0 Å². The predicted molar refractivity (Wildman–Crippen MR) is 106 cm³/mol. The molecular weight excluding hydrogens is 375 g/mol. The zero-order valence-electron chi connectivity index (χ0n) is 16.4. The second kappa shape index (κ2) is 8.94. The van der Waals surface area contributed by atoms with Crippen molar-refractivity contribution < 1.29 is 23.5 Å². The van der Waals surface area contributed by atoms with Gasteiger partial charge in [-0.15, -0.1) is 0 Å². The van der Waals surface area contributed by atoms with E-state index in [0.29, 0.717) is 36.6 Å². The molecule has 6 nitrogen and oxygen atoms in total. The van der Waals surface area contributed by atoms with Crippen molar-refractivity contribution in [2.75, 3.05) is 26.8 Å². The van der Waals surface area contributed by atoms with E-state index in [1.165, 1.54) is 31.4 Å². The number of nitrogens with zero attached hydrogens (tertiary/aromatic N) is 1. The number of carbonyl (C=O) groups excluding carboxylic acids is 2. The van der Waals surface area contributed by atoms with Gasteiger partial charge in [0.15, 0.2) is 0 Å². The van der Waals surface area contributed by atoms with Gasteiger partial charge in [-0.3, -0.25) is 9.59 Å². The van der Waals surface area contributed by atoms with Crippen molar-refractivity contribution in [3.63, 3.8) is 0 Å². The number of primary amides is 1. The van der Waals surface area contributed by atoms with Crippen LogP contribution in [0.5, 0.6) is 11.5 Å². The van der Waals surface area contributed by atoms with Crippen LogP contribution in [0, 0.1) is 11.2 Å². The average Bonchev–Trinajstić information content (AvgIpc) is 2.72. The number of para-hydroxylation sites is 1. The summed E-state index contributed by atoms with van der Waals surface area (Å²) < 4.78 is 24.3. The van der Waals surface area contributed by atoms with Gasteiger partial charge in [-0.05, 0) is 49.2 Å². The highest BCUT2D eigenvalue weighted by Gasteiger charge is 2.40. The number of nitrogens with two attached hydrogens (primary N) is 1. The van der Waals surface area contributed by atoms with E-state index in [-0.39, 0.29) is 24.8 Å². The number of benzene rings is 2. The lowest BCUT2D eigenvalue weighted by atomic mass is 9.77. The molecule has 0 saturated carbocycles. The number of rotatable bonds is 7. The Morgan fingerprint density at radius 2 is 1.90 bits per heavy atom. The Hall–Kier alpha value is -3.09. The molecular formula is C22H25FN2O4. The van der Waals surface area contributed by atoms with Gasteiger partial charge in [0.2, 0.25) is 5.91 Å². The van der Waals surface area contributed by atoms with Crippen LogP contribution in [-0.2, 0) is 4.79 Å². The summed E-state index contributed by atoms with van der Waals surface area (Å²) in [7, 11) is 1.52. The van der Waals surface area contributed by atoms with E-state index in [1.54, 1.807) is 29.2 Å². The molecule has 1 fully saturated rings. The molecule has 1 atom stereocenters. The summed E-state index contributed by atoms with van der Waals surface area (Å²) in [5.41, 5.74) is 5.38. The van der Waals surface area contributed by atoms with Crippen molar-refractivity contribution in [3.05, 3.63) is 59.9 Å². The summed E-state index contributed by atoms with van der Waals surface area (Å²) in [6.45, 7) is 1.12. The lowest BCUT2D eigenvalue weighted by Gasteiger charge is -2.42. The summed E-state index contributed by atoms with van der Waals surface area (Å²) >= 11 is 0. The molecule has 2 amide bonds. The number of likely N-dealkylation sites (tertiary alicyclic amines) is 1. The highest BCUT2D eigenvalue weighted by Crippen LogP contribution is 2.35. The van der Waals surface area contributed by atoms with Crippen molar-refractivity contribution in [1.82, 2.24) is 4.90 Å². The normalized spacial score (nSPS) is 18.9. The maximum Gasteiger partial charge on any atom is 0.257 e. The second-order valence-electron chi connectivity index (χ2n) is 7.42. The van der Waals surface area contributed by atoms with Crippen LogP contribution in [-0.4, -0.2) is 43.5 Å². The largest absolute Gasteiger partial charge is 0.496 e. The summed E-state index contributed by atoms with van der Waals surface area (Å²) in [5, 5.41) is 0. The first-order valence-corrected chi connectivity index (χ1v) is 9.51. The van der Waals surface area contributed by atoms with Gasteiger partial charge in [0, 0.05) is 24.9 Å². The molecule has 0 aliphatic carbocycles. The molecule has 29 heavy (non-hydrogen) atoms. The van der Waals surface area contributed by atoms with E-state index >= 15 is 0 Å². The van der Waals surface area contributed by atoms with Gasteiger partial charge >= 0.3 is 0 Å². The van der Waals surface area contributed by atoms with E-state index in [9.17, 15) is 14.0 Å². The molecule has 1 saturated heterocycles. The summed E-state index contributed by atoms with van der Waals surface area (Å²) in [6, 6.07) is 12.8. The fourth-order valence-corrected chi connectivity index (χ4v) is 3.82. The Labute approximate surface area is 169 Å². The molecule has 7 heteroatoms.